The molecule has 6 heteroatoms. The summed E-state index contributed by atoms with van der Waals surface area (Å²) in [6.07, 6.45) is 0.911. The van der Waals surface area contributed by atoms with E-state index in [9.17, 15) is 14.7 Å². The number of carbonyl (C=O) groups is 2. The first kappa shape index (κ1) is 19.7. The van der Waals surface area contributed by atoms with Gasteiger partial charge in [0.15, 0.2) is 6.04 Å². The first-order valence-electron chi connectivity index (χ1n) is 7.61. The molecule has 1 unspecified atom stereocenters. The first-order chi connectivity index (χ1) is 11.3. The van der Waals surface area contributed by atoms with Crippen molar-refractivity contribution in [3.05, 3.63) is 35.4 Å². The molecule has 0 aromatic heterocycles. The minimum Gasteiger partial charge on any atom is -0.480 e. The first-order valence-corrected chi connectivity index (χ1v) is 7.61. The van der Waals surface area contributed by atoms with Crippen LogP contribution in [0.1, 0.15) is 38.3 Å². The van der Waals surface area contributed by atoms with Crippen LogP contribution in [0.4, 0.5) is 0 Å². The molecule has 1 rings (SSSR count). The molecular formula is C18H23NO5. The number of amides is 1. The van der Waals surface area contributed by atoms with E-state index in [1.807, 2.05) is 0 Å². The average molecular weight is 333 g/mol. The number of hydrogen-bond donors (Lipinski definition) is 2. The molecule has 1 amide bonds. The van der Waals surface area contributed by atoms with Gasteiger partial charge >= 0.3 is 5.97 Å². The SMILES string of the molecule is CC(C)(C)ON(C=O)C(Cc1ccc(C#CCCO)cc1)C(=O)O. The Morgan fingerprint density at radius 1 is 1.33 bits per heavy atom. The number of rotatable bonds is 7. The number of carboxylic acids is 1. The summed E-state index contributed by atoms with van der Waals surface area (Å²) in [4.78, 5) is 28.1. The van der Waals surface area contributed by atoms with E-state index in [4.69, 9.17) is 9.94 Å². The molecule has 0 bridgehead atoms. The van der Waals surface area contributed by atoms with E-state index in [1.165, 1.54) is 0 Å². The summed E-state index contributed by atoms with van der Waals surface area (Å²) in [6, 6.07) is 5.95. The molecule has 0 radical (unpaired) electrons. The molecule has 0 saturated heterocycles. The fourth-order valence-electron chi connectivity index (χ4n) is 1.93. The van der Waals surface area contributed by atoms with Crippen molar-refractivity contribution in [1.29, 1.82) is 0 Å². The highest BCUT2D eigenvalue weighted by Crippen LogP contribution is 2.15. The van der Waals surface area contributed by atoms with E-state index < -0.39 is 17.6 Å². The zero-order chi connectivity index (χ0) is 18.2. The summed E-state index contributed by atoms with van der Waals surface area (Å²) < 4.78 is 0. The lowest BCUT2D eigenvalue weighted by Gasteiger charge is -2.30. The number of hydrogen-bond acceptors (Lipinski definition) is 4. The maximum Gasteiger partial charge on any atom is 0.329 e. The number of benzene rings is 1. The van der Waals surface area contributed by atoms with Crippen molar-refractivity contribution in [2.24, 2.45) is 0 Å². The van der Waals surface area contributed by atoms with Crippen LogP contribution in [0, 0.1) is 11.8 Å². The van der Waals surface area contributed by atoms with Gasteiger partial charge in [-0.1, -0.05) is 24.0 Å². The van der Waals surface area contributed by atoms with Crippen molar-refractivity contribution in [2.45, 2.75) is 45.3 Å². The Hall–Kier alpha value is -2.36. The van der Waals surface area contributed by atoms with Crippen molar-refractivity contribution >= 4 is 12.4 Å². The zero-order valence-electron chi connectivity index (χ0n) is 14.2. The number of carbonyl (C=O) groups excluding carboxylic acids is 1. The Morgan fingerprint density at radius 2 is 1.96 bits per heavy atom. The Morgan fingerprint density at radius 3 is 2.42 bits per heavy atom. The largest absolute Gasteiger partial charge is 0.480 e. The van der Waals surface area contributed by atoms with Gasteiger partial charge in [0, 0.05) is 18.4 Å². The molecule has 1 aromatic rings. The Balaban J connectivity index is 2.87. The highest BCUT2D eigenvalue weighted by molar-refractivity contribution is 5.76. The topological polar surface area (TPSA) is 87.1 Å². The Bertz CT molecular complexity index is 607. The van der Waals surface area contributed by atoms with Crippen LogP contribution >= 0.6 is 0 Å². The number of hydroxylamine groups is 2. The lowest BCUT2D eigenvalue weighted by atomic mass is 10.0. The smallest absolute Gasteiger partial charge is 0.329 e. The predicted octanol–water partition coefficient (Wildman–Crippen LogP) is 1.60. The second-order valence-electron chi connectivity index (χ2n) is 6.20. The minimum atomic E-state index is -1.14. The molecule has 0 spiro atoms. The maximum absolute atomic E-state index is 11.5. The average Bonchev–Trinajstić information content (AvgIpc) is 2.51. The number of aliphatic hydroxyl groups excluding tert-OH is 1. The summed E-state index contributed by atoms with van der Waals surface area (Å²) in [5, 5.41) is 18.9. The van der Waals surface area contributed by atoms with Crippen LogP contribution in [-0.4, -0.2) is 45.9 Å². The van der Waals surface area contributed by atoms with Gasteiger partial charge in [-0.2, -0.15) is 0 Å². The van der Waals surface area contributed by atoms with Crippen LogP contribution in [0.3, 0.4) is 0 Å². The normalized spacial score (nSPS) is 12.0. The van der Waals surface area contributed by atoms with E-state index >= 15 is 0 Å². The van der Waals surface area contributed by atoms with Crippen molar-refractivity contribution in [3.8, 4) is 11.8 Å². The van der Waals surface area contributed by atoms with E-state index in [2.05, 4.69) is 11.8 Å². The third-order valence-electron chi connectivity index (χ3n) is 2.93. The van der Waals surface area contributed by atoms with Crippen LogP contribution in [0.5, 0.6) is 0 Å². The van der Waals surface area contributed by atoms with Gasteiger partial charge < -0.3 is 10.2 Å². The minimum absolute atomic E-state index is 0.0146. The summed E-state index contributed by atoms with van der Waals surface area (Å²) >= 11 is 0. The molecule has 0 heterocycles. The highest BCUT2D eigenvalue weighted by atomic mass is 16.7. The van der Waals surface area contributed by atoms with Gasteiger partial charge in [-0.3, -0.25) is 9.63 Å². The molecule has 0 aliphatic carbocycles. The molecule has 1 aromatic carbocycles. The lowest BCUT2D eigenvalue weighted by molar-refractivity contribution is -0.234. The molecule has 1 atom stereocenters. The molecule has 24 heavy (non-hydrogen) atoms. The summed E-state index contributed by atoms with van der Waals surface area (Å²) in [6.45, 7) is 5.23. The van der Waals surface area contributed by atoms with Crippen molar-refractivity contribution in [3.63, 3.8) is 0 Å². The number of nitrogens with zero attached hydrogens (tertiary/aromatic N) is 1. The van der Waals surface area contributed by atoms with Gasteiger partial charge in [0.1, 0.15) is 0 Å². The van der Waals surface area contributed by atoms with E-state index in [-0.39, 0.29) is 13.0 Å². The standard InChI is InChI=1S/C18H23NO5/c1-18(2,3)24-19(13-21)16(17(22)23)12-15-9-7-14(8-10-15)6-4-5-11-20/h7-10,13,16,20H,5,11-12H2,1-3H3,(H,22,23). The van der Waals surface area contributed by atoms with Crippen LogP contribution in [0.2, 0.25) is 0 Å². The quantitative estimate of drug-likeness (QED) is 0.450. The van der Waals surface area contributed by atoms with Crippen LogP contribution in [0.15, 0.2) is 24.3 Å². The van der Waals surface area contributed by atoms with Gasteiger partial charge in [-0.15, -0.1) is 0 Å². The monoisotopic (exact) mass is 333 g/mol. The molecule has 0 aliphatic rings. The second kappa shape index (κ2) is 9.06. The molecule has 0 fully saturated rings. The van der Waals surface area contributed by atoms with Gasteiger partial charge in [0.25, 0.3) is 0 Å². The van der Waals surface area contributed by atoms with Crippen LogP contribution in [-0.2, 0) is 20.8 Å². The summed E-state index contributed by atoms with van der Waals surface area (Å²) in [5.74, 6) is 4.57. The highest BCUT2D eigenvalue weighted by Gasteiger charge is 2.29. The number of carboxylic acid groups (broad SMARTS) is 1. The zero-order valence-corrected chi connectivity index (χ0v) is 14.2. The van der Waals surface area contributed by atoms with Gasteiger partial charge in [0.05, 0.1) is 12.2 Å². The van der Waals surface area contributed by atoms with Gasteiger partial charge in [0.2, 0.25) is 6.41 Å². The number of aliphatic hydroxyl groups is 1. The van der Waals surface area contributed by atoms with Crippen molar-refractivity contribution in [1.82, 2.24) is 5.06 Å². The molecule has 6 nitrogen and oxygen atoms in total. The Kier molecular flexibility index (Phi) is 7.43. The van der Waals surface area contributed by atoms with Gasteiger partial charge in [-0.25, -0.2) is 9.86 Å². The third-order valence-corrected chi connectivity index (χ3v) is 2.93. The molecule has 0 aliphatic heterocycles. The van der Waals surface area contributed by atoms with E-state index in [0.717, 1.165) is 16.2 Å². The summed E-state index contributed by atoms with van der Waals surface area (Å²) in [7, 11) is 0. The van der Waals surface area contributed by atoms with E-state index in [1.54, 1.807) is 45.0 Å². The molecular weight excluding hydrogens is 310 g/mol. The predicted molar refractivity (Wildman–Crippen MR) is 88.9 cm³/mol. The van der Waals surface area contributed by atoms with Crippen molar-refractivity contribution in [2.75, 3.05) is 6.61 Å². The fraction of sp³-hybridized carbons (Fsp3) is 0.444. The fourth-order valence-corrected chi connectivity index (χ4v) is 1.93. The van der Waals surface area contributed by atoms with E-state index in [0.29, 0.717) is 12.8 Å². The van der Waals surface area contributed by atoms with Crippen LogP contribution < -0.4 is 0 Å². The third kappa shape index (κ3) is 6.82. The second-order valence-corrected chi connectivity index (χ2v) is 6.20. The Labute approximate surface area is 142 Å². The molecule has 130 valence electrons. The number of aliphatic carboxylic acids is 1. The van der Waals surface area contributed by atoms with Gasteiger partial charge in [-0.05, 0) is 38.5 Å². The molecule has 0 saturated carbocycles. The maximum atomic E-state index is 11.5. The summed E-state index contributed by atoms with van der Waals surface area (Å²) in [5.41, 5.74) is 0.845. The lowest BCUT2D eigenvalue weighted by Crippen LogP contribution is -2.45. The van der Waals surface area contributed by atoms with Crippen LogP contribution in [0.25, 0.3) is 0 Å². The molecule has 2 N–H and O–H groups in total. The van der Waals surface area contributed by atoms with Crippen molar-refractivity contribution < 1.29 is 24.6 Å².